The standard InChI is InChI=1S/C21H36N6O6/c1-5-12(4)17(27-18(29)14(22)9-28)20(31)25-15(6-11(2)3)19(30)26-16(21(32)33)7-13-8-23-10-24-13/h8,10-12,14-17,28H,5-7,9,22H2,1-4H3,(H,23,24)(H,25,31)(H,26,30)(H,27,29)(H,32,33). The Hall–Kier alpha value is -2.99. The predicted octanol–water partition coefficient (Wildman–Crippen LogP) is -1.10. The van der Waals surface area contributed by atoms with Crippen LogP contribution >= 0.6 is 0 Å². The van der Waals surface area contributed by atoms with Crippen molar-refractivity contribution in [1.82, 2.24) is 25.9 Å². The van der Waals surface area contributed by atoms with Gasteiger partial charge in [0.2, 0.25) is 17.7 Å². The van der Waals surface area contributed by atoms with Gasteiger partial charge in [-0.05, 0) is 18.3 Å². The lowest BCUT2D eigenvalue weighted by molar-refractivity contribution is -0.142. The Morgan fingerprint density at radius 2 is 1.70 bits per heavy atom. The van der Waals surface area contributed by atoms with Gasteiger partial charge in [0.25, 0.3) is 0 Å². The largest absolute Gasteiger partial charge is 0.480 e. The Morgan fingerprint density at radius 3 is 2.18 bits per heavy atom. The Labute approximate surface area is 193 Å². The molecule has 33 heavy (non-hydrogen) atoms. The molecule has 186 valence electrons. The minimum atomic E-state index is -1.23. The summed E-state index contributed by atoms with van der Waals surface area (Å²) in [5, 5.41) is 26.3. The molecule has 0 fully saturated rings. The molecule has 0 saturated heterocycles. The molecule has 8 N–H and O–H groups in total. The first kappa shape index (κ1) is 28.0. The number of carboxylic acids is 1. The molecular formula is C21H36N6O6. The number of nitrogens with one attached hydrogen (secondary N) is 4. The highest BCUT2D eigenvalue weighted by Gasteiger charge is 2.32. The van der Waals surface area contributed by atoms with Crippen LogP contribution < -0.4 is 21.7 Å². The summed E-state index contributed by atoms with van der Waals surface area (Å²) in [6.45, 7) is 6.75. The van der Waals surface area contributed by atoms with Gasteiger partial charge < -0.3 is 36.9 Å². The molecule has 0 aliphatic heterocycles. The molecule has 1 heterocycles. The molecule has 5 unspecified atom stereocenters. The molecule has 12 nitrogen and oxygen atoms in total. The number of amides is 3. The van der Waals surface area contributed by atoms with E-state index in [-0.39, 0.29) is 24.7 Å². The number of nitrogens with two attached hydrogens (primary N) is 1. The summed E-state index contributed by atoms with van der Waals surface area (Å²) in [4.78, 5) is 56.4. The molecule has 0 radical (unpaired) electrons. The van der Waals surface area contributed by atoms with Gasteiger partial charge in [-0.1, -0.05) is 34.1 Å². The van der Waals surface area contributed by atoms with E-state index in [0.29, 0.717) is 12.1 Å². The van der Waals surface area contributed by atoms with Gasteiger partial charge in [0, 0.05) is 18.3 Å². The van der Waals surface area contributed by atoms with Gasteiger partial charge >= 0.3 is 5.97 Å². The van der Waals surface area contributed by atoms with Crippen molar-refractivity contribution in [1.29, 1.82) is 0 Å². The lowest BCUT2D eigenvalue weighted by Gasteiger charge is -2.28. The number of aliphatic hydroxyl groups is 1. The van der Waals surface area contributed by atoms with Gasteiger partial charge in [0.1, 0.15) is 24.2 Å². The number of hydrogen-bond acceptors (Lipinski definition) is 7. The van der Waals surface area contributed by atoms with Gasteiger partial charge in [-0.15, -0.1) is 0 Å². The summed E-state index contributed by atoms with van der Waals surface area (Å²) in [5.41, 5.74) is 6.07. The number of H-pyrrole nitrogens is 1. The zero-order valence-electron chi connectivity index (χ0n) is 19.5. The van der Waals surface area contributed by atoms with E-state index in [1.165, 1.54) is 12.5 Å². The van der Waals surface area contributed by atoms with E-state index in [9.17, 15) is 24.3 Å². The minimum Gasteiger partial charge on any atom is -0.480 e. The second-order valence-corrected chi connectivity index (χ2v) is 8.53. The van der Waals surface area contributed by atoms with Crippen LogP contribution in [0.3, 0.4) is 0 Å². The van der Waals surface area contributed by atoms with E-state index in [2.05, 4.69) is 25.9 Å². The Balaban J connectivity index is 2.99. The van der Waals surface area contributed by atoms with Crippen molar-refractivity contribution in [2.45, 2.75) is 71.1 Å². The van der Waals surface area contributed by atoms with Crippen molar-refractivity contribution in [2.75, 3.05) is 6.61 Å². The third-order valence-corrected chi connectivity index (χ3v) is 5.26. The highest BCUT2D eigenvalue weighted by atomic mass is 16.4. The molecule has 12 heteroatoms. The first-order chi connectivity index (χ1) is 15.5. The first-order valence-corrected chi connectivity index (χ1v) is 11.0. The summed E-state index contributed by atoms with van der Waals surface area (Å²) in [6.07, 6.45) is 3.67. The van der Waals surface area contributed by atoms with Crippen LogP contribution in [0.25, 0.3) is 0 Å². The molecular weight excluding hydrogens is 432 g/mol. The number of imidazole rings is 1. The Bertz CT molecular complexity index is 784. The minimum absolute atomic E-state index is 0.00593. The fourth-order valence-electron chi connectivity index (χ4n) is 3.10. The first-order valence-electron chi connectivity index (χ1n) is 11.0. The number of aromatic nitrogens is 2. The maximum atomic E-state index is 13.0. The van der Waals surface area contributed by atoms with Crippen molar-refractivity contribution in [3.63, 3.8) is 0 Å². The molecule has 5 atom stereocenters. The van der Waals surface area contributed by atoms with Gasteiger partial charge in [0.05, 0.1) is 12.9 Å². The van der Waals surface area contributed by atoms with E-state index in [1.807, 2.05) is 20.8 Å². The molecule has 0 aliphatic rings. The van der Waals surface area contributed by atoms with E-state index in [4.69, 9.17) is 10.8 Å². The van der Waals surface area contributed by atoms with Crippen molar-refractivity contribution in [3.05, 3.63) is 18.2 Å². The average Bonchev–Trinajstić information content (AvgIpc) is 3.27. The second kappa shape index (κ2) is 13.5. The third-order valence-electron chi connectivity index (χ3n) is 5.26. The number of aliphatic hydroxyl groups excluding tert-OH is 1. The molecule has 1 rings (SSSR count). The van der Waals surface area contributed by atoms with Crippen LogP contribution in [-0.4, -0.2) is 74.6 Å². The number of nitrogens with zero attached hydrogens (tertiary/aromatic N) is 1. The zero-order valence-corrected chi connectivity index (χ0v) is 19.5. The number of carbonyl (C=O) groups excluding carboxylic acids is 3. The molecule has 0 aromatic carbocycles. The van der Waals surface area contributed by atoms with Crippen molar-refractivity contribution < 1.29 is 29.4 Å². The predicted molar refractivity (Wildman–Crippen MR) is 120 cm³/mol. The van der Waals surface area contributed by atoms with Gasteiger partial charge in [0.15, 0.2) is 0 Å². The lowest BCUT2D eigenvalue weighted by atomic mass is 9.96. The van der Waals surface area contributed by atoms with Crippen molar-refractivity contribution in [2.24, 2.45) is 17.6 Å². The van der Waals surface area contributed by atoms with Crippen LogP contribution in [0.1, 0.15) is 46.2 Å². The number of aliphatic carboxylic acids is 1. The fourth-order valence-corrected chi connectivity index (χ4v) is 3.10. The Kier molecular flexibility index (Phi) is 11.5. The van der Waals surface area contributed by atoms with Crippen molar-refractivity contribution in [3.8, 4) is 0 Å². The van der Waals surface area contributed by atoms with Crippen LogP contribution in [0.5, 0.6) is 0 Å². The molecule has 0 aliphatic carbocycles. The second-order valence-electron chi connectivity index (χ2n) is 8.53. The monoisotopic (exact) mass is 468 g/mol. The molecule has 1 aromatic rings. The number of rotatable bonds is 14. The average molecular weight is 469 g/mol. The maximum Gasteiger partial charge on any atom is 0.326 e. The van der Waals surface area contributed by atoms with Crippen LogP contribution in [0.4, 0.5) is 0 Å². The SMILES string of the molecule is CCC(C)C(NC(=O)C(N)CO)C(=O)NC(CC(C)C)C(=O)NC(Cc1cnc[nH]1)C(=O)O. The van der Waals surface area contributed by atoms with Crippen molar-refractivity contribution >= 4 is 23.7 Å². The topological polar surface area (TPSA) is 200 Å². The van der Waals surface area contributed by atoms with E-state index in [1.54, 1.807) is 6.92 Å². The molecule has 0 bridgehead atoms. The number of hydrogen-bond donors (Lipinski definition) is 7. The molecule has 3 amide bonds. The van der Waals surface area contributed by atoms with E-state index >= 15 is 0 Å². The molecule has 0 spiro atoms. The summed E-state index contributed by atoms with van der Waals surface area (Å²) in [7, 11) is 0. The van der Waals surface area contributed by atoms with Gasteiger partial charge in [-0.2, -0.15) is 0 Å². The third kappa shape index (κ3) is 9.18. The number of carboxylic acid groups (broad SMARTS) is 1. The Morgan fingerprint density at radius 1 is 1.06 bits per heavy atom. The van der Waals surface area contributed by atoms with Gasteiger partial charge in [-0.3, -0.25) is 14.4 Å². The smallest absolute Gasteiger partial charge is 0.326 e. The number of aromatic amines is 1. The van der Waals surface area contributed by atoms with Crippen LogP contribution in [0, 0.1) is 11.8 Å². The summed E-state index contributed by atoms with van der Waals surface area (Å²) >= 11 is 0. The van der Waals surface area contributed by atoms with Gasteiger partial charge in [-0.25, -0.2) is 9.78 Å². The lowest BCUT2D eigenvalue weighted by Crippen LogP contribution is -2.59. The molecule has 1 aromatic heterocycles. The summed E-state index contributed by atoms with van der Waals surface area (Å²) in [6, 6.07) is -4.41. The molecule has 0 saturated carbocycles. The number of carbonyl (C=O) groups is 4. The van der Waals surface area contributed by atoms with Crippen LogP contribution in [-0.2, 0) is 25.6 Å². The normalized spacial score (nSPS) is 15.7. The zero-order chi connectivity index (χ0) is 25.1. The highest BCUT2D eigenvalue weighted by molar-refractivity contribution is 5.94. The van der Waals surface area contributed by atoms with Crippen LogP contribution in [0.15, 0.2) is 12.5 Å². The quantitative estimate of drug-likeness (QED) is 0.178. The van der Waals surface area contributed by atoms with Crippen LogP contribution in [0.2, 0.25) is 0 Å². The fraction of sp³-hybridized carbons (Fsp3) is 0.667. The summed E-state index contributed by atoms with van der Waals surface area (Å²) in [5.74, 6) is -3.43. The maximum absolute atomic E-state index is 13.0. The van der Waals surface area contributed by atoms with E-state index < -0.39 is 54.5 Å². The highest BCUT2D eigenvalue weighted by Crippen LogP contribution is 2.11. The van der Waals surface area contributed by atoms with E-state index in [0.717, 1.165) is 0 Å². The summed E-state index contributed by atoms with van der Waals surface area (Å²) < 4.78 is 0.